The third-order valence-corrected chi connectivity index (χ3v) is 5.70. The summed E-state index contributed by atoms with van der Waals surface area (Å²) in [5.74, 6) is 0.745. The summed E-state index contributed by atoms with van der Waals surface area (Å²) in [7, 11) is -3.78. The molecule has 0 saturated heterocycles. The Morgan fingerprint density at radius 2 is 1.54 bits per heavy atom. The third-order valence-electron chi connectivity index (χ3n) is 4.27. The van der Waals surface area contributed by atoms with Crippen LogP contribution in [0.3, 0.4) is 0 Å². The summed E-state index contributed by atoms with van der Waals surface area (Å²) >= 11 is 0. The molecule has 3 rings (SSSR count). The molecule has 3 aromatic rings. The second-order valence-corrected chi connectivity index (χ2v) is 8.37. The average Bonchev–Trinajstić information content (AvgIpc) is 2.67. The topological polar surface area (TPSA) is 52.6 Å². The van der Waals surface area contributed by atoms with Gasteiger partial charge in [-0.05, 0) is 55.7 Å². The first-order valence-electron chi connectivity index (χ1n) is 9.18. The maximum atomic E-state index is 12.4. The Morgan fingerprint density at radius 1 is 0.857 bits per heavy atom. The minimum absolute atomic E-state index is 0.171. The van der Waals surface area contributed by atoms with E-state index >= 15 is 0 Å². The maximum absolute atomic E-state index is 12.4. The highest BCUT2D eigenvalue weighted by molar-refractivity contribution is 7.86. The van der Waals surface area contributed by atoms with Gasteiger partial charge in [0.05, 0.1) is 11.0 Å². The van der Waals surface area contributed by atoms with E-state index in [0.29, 0.717) is 13.0 Å². The van der Waals surface area contributed by atoms with E-state index in [1.807, 2.05) is 61.5 Å². The molecule has 0 fully saturated rings. The second kappa shape index (κ2) is 9.04. The normalized spacial score (nSPS) is 12.5. The van der Waals surface area contributed by atoms with Crippen molar-refractivity contribution in [3.63, 3.8) is 0 Å². The zero-order valence-corrected chi connectivity index (χ0v) is 16.9. The van der Waals surface area contributed by atoms with Crippen LogP contribution in [0, 0.1) is 6.92 Å². The van der Waals surface area contributed by atoms with Gasteiger partial charge in [-0.3, -0.25) is 4.18 Å². The Morgan fingerprint density at radius 3 is 2.25 bits per heavy atom. The molecule has 0 amide bonds. The highest BCUT2D eigenvalue weighted by Gasteiger charge is 2.19. The van der Waals surface area contributed by atoms with Crippen molar-refractivity contribution < 1.29 is 17.3 Å². The van der Waals surface area contributed by atoms with E-state index in [0.717, 1.165) is 22.4 Å². The van der Waals surface area contributed by atoms with Gasteiger partial charge in [0.2, 0.25) is 0 Å². The molecule has 146 valence electrons. The number of ether oxygens (including phenoxy) is 1. The Kier molecular flexibility index (Phi) is 6.49. The highest BCUT2D eigenvalue weighted by atomic mass is 32.2. The van der Waals surface area contributed by atoms with Crippen LogP contribution in [0.4, 0.5) is 0 Å². The van der Waals surface area contributed by atoms with Gasteiger partial charge >= 0.3 is 0 Å². The molecule has 0 spiro atoms. The van der Waals surface area contributed by atoms with Crippen molar-refractivity contribution in [2.45, 2.75) is 37.9 Å². The number of hydrogen-bond acceptors (Lipinski definition) is 4. The van der Waals surface area contributed by atoms with Crippen LogP contribution in [-0.2, 0) is 27.3 Å². The summed E-state index contributed by atoms with van der Waals surface area (Å²) in [5.41, 5.74) is 3.05. The molecular weight excluding hydrogens is 372 g/mol. The van der Waals surface area contributed by atoms with E-state index in [4.69, 9.17) is 8.92 Å². The molecule has 5 heteroatoms. The molecule has 0 saturated carbocycles. The van der Waals surface area contributed by atoms with Crippen LogP contribution in [0.15, 0.2) is 83.8 Å². The summed E-state index contributed by atoms with van der Waals surface area (Å²) in [6.07, 6.45) is -0.0242. The molecule has 1 atom stereocenters. The smallest absolute Gasteiger partial charge is 0.297 e. The molecule has 0 unspecified atom stereocenters. The first-order chi connectivity index (χ1) is 13.4. The van der Waals surface area contributed by atoms with Gasteiger partial charge in [0.1, 0.15) is 12.4 Å². The lowest BCUT2D eigenvalue weighted by atomic mass is 10.1. The fourth-order valence-electron chi connectivity index (χ4n) is 2.85. The van der Waals surface area contributed by atoms with Crippen molar-refractivity contribution in [3.05, 3.63) is 95.6 Å². The van der Waals surface area contributed by atoms with Crippen LogP contribution in [-0.4, -0.2) is 14.5 Å². The van der Waals surface area contributed by atoms with Crippen LogP contribution in [0.2, 0.25) is 0 Å². The van der Waals surface area contributed by atoms with Gasteiger partial charge in [-0.25, -0.2) is 0 Å². The molecule has 0 aliphatic carbocycles. The lowest BCUT2D eigenvalue weighted by molar-refractivity contribution is 0.229. The minimum atomic E-state index is -3.78. The molecule has 4 nitrogen and oxygen atoms in total. The van der Waals surface area contributed by atoms with Crippen molar-refractivity contribution in [3.8, 4) is 5.75 Å². The lowest BCUT2D eigenvalue weighted by Crippen LogP contribution is -2.18. The van der Waals surface area contributed by atoms with E-state index in [1.165, 1.54) is 0 Å². The predicted molar refractivity (Wildman–Crippen MR) is 110 cm³/mol. The summed E-state index contributed by atoms with van der Waals surface area (Å²) in [5, 5.41) is 0. The zero-order chi connectivity index (χ0) is 20.0. The van der Waals surface area contributed by atoms with Crippen LogP contribution in [0.1, 0.15) is 23.6 Å². The lowest BCUT2D eigenvalue weighted by Gasteiger charge is -2.14. The van der Waals surface area contributed by atoms with Crippen LogP contribution in [0.25, 0.3) is 0 Å². The summed E-state index contributed by atoms with van der Waals surface area (Å²) in [6, 6.07) is 24.2. The van der Waals surface area contributed by atoms with Gasteiger partial charge in [0.25, 0.3) is 10.1 Å². The number of benzene rings is 3. The quantitative estimate of drug-likeness (QED) is 0.508. The predicted octanol–water partition coefficient (Wildman–Crippen LogP) is 4.91. The SMILES string of the molecule is Cc1ccc(S(=O)(=O)O[C@@H](C)Cc2cccc(OCc3ccccc3)c2)cc1. The van der Waals surface area contributed by atoms with Gasteiger partial charge in [0, 0.05) is 0 Å². The van der Waals surface area contributed by atoms with Crippen LogP contribution >= 0.6 is 0 Å². The average molecular weight is 397 g/mol. The summed E-state index contributed by atoms with van der Waals surface area (Å²) in [4.78, 5) is 0.171. The van der Waals surface area contributed by atoms with Crippen LogP contribution < -0.4 is 4.74 Å². The first-order valence-corrected chi connectivity index (χ1v) is 10.6. The Hall–Kier alpha value is -2.63. The summed E-state index contributed by atoms with van der Waals surface area (Å²) in [6.45, 7) is 4.15. The fourth-order valence-corrected chi connectivity index (χ4v) is 3.93. The number of rotatable bonds is 8. The number of hydrogen-bond donors (Lipinski definition) is 0. The van der Waals surface area contributed by atoms with Gasteiger partial charge in [-0.15, -0.1) is 0 Å². The molecule has 3 aromatic carbocycles. The molecule has 28 heavy (non-hydrogen) atoms. The van der Waals surface area contributed by atoms with E-state index in [2.05, 4.69) is 0 Å². The van der Waals surface area contributed by atoms with E-state index in [1.54, 1.807) is 31.2 Å². The van der Waals surface area contributed by atoms with Crippen molar-refractivity contribution in [1.82, 2.24) is 0 Å². The van der Waals surface area contributed by atoms with Gasteiger partial charge < -0.3 is 4.74 Å². The van der Waals surface area contributed by atoms with Crippen molar-refractivity contribution in [2.75, 3.05) is 0 Å². The van der Waals surface area contributed by atoms with E-state index < -0.39 is 16.2 Å². The first kappa shape index (κ1) is 20.1. The molecule has 0 N–H and O–H groups in total. The highest BCUT2D eigenvalue weighted by Crippen LogP contribution is 2.20. The van der Waals surface area contributed by atoms with Crippen molar-refractivity contribution >= 4 is 10.1 Å². The van der Waals surface area contributed by atoms with Crippen molar-refractivity contribution in [2.24, 2.45) is 0 Å². The van der Waals surface area contributed by atoms with Gasteiger partial charge in [0.15, 0.2) is 0 Å². The van der Waals surface area contributed by atoms with Crippen LogP contribution in [0.5, 0.6) is 5.75 Å². The van der Waals surface area contributed by atoms with E-state index in [-0.39, 0.29) is 4.90 Å². The van der Waals surface area contributed by atoms with Gasteiger partial charge in [-0.1, -0.05) is 60.2 Å². The molecule has 0 aromatic heterocycles. The monoisotopic (exact) mass is 396 g/mol. The maximum Gasteiger partial charge on any atom is 0.297 e. The number of aryl methyl sites for hydroxylation is 1. The van der Waals surface area contributed by atoms with E-state index in [9.17, 15) is 8.42 Å². The van der Waals surface area contributed by atoms with Crippen molar-refractivity contribution in [1.29, 1.82) is 0 Å². The molecule has 0 radical (unpaired) electrons. The fraction of sp³-hybridized carbons (Fsp3) is 0.217. The standard InChI is InChI=1S/C23H24O4S/c1-18-11-13-23(14-12-18)28(24,25)27-19(2)15-21-9-6-10-22(16-21)26-17-20-7-4-3-5-8-20/h3-14,16,19H,15,17H2,1-2H3/t19-/m0/s1. The third kappa shape index (κ3) is 5.68. The molecule has 0 aliphatic rings. The largest absolute Gasteiger partial charge is 0.489 e. The Labute approximate surface area is 166 Å². The second-order valence-electron chi connectivity index (χ2n) is 6.80. The molecular formula is C23H24O4S. The Balaban J connectivity index is 1.60. The summed E-state index contributed by atoms with van der Waals surface area (Å²) < 4.78 is 36.1. The molecule has 0 heterocycles. The molecule has 0 bridgehead atoms. The van der Waals surface area contributed by atoms with Gasteiger partial charge in [-0.2, -0.15) is 8.42 Å². The minimum Gasteiger partial charge on any atom is -0.489 e. The zero-order valence-electron chi connectivity index (χ0n) is 16.0. The molecule has 0 aliphatic heterocycles. The Bertz CT molecular complexity index is 996.